The molecule has 0 heterocycles. The van der Waals surface area contributed by atoms with Gasteiger partial charge >= 0.3 is 0 Å². The lowest BCUT2D eigenvalue weighted by Gasteiger charge is -2.26. The Kier molecular flexibility index (Phi) is 7.20. The molecule has 3 aromatic rings. The van der Waals surface area contributed by atoms with E-state index in [1.165, 1.54) is 12.1 Å². The zero-order valence-corrected chi connectivity index (χ0v) is 18.7. The summed E-state index contributed by atoms with van der Waals surface area (Å²) in [5, 5.41) is 3.08. The first-order valence-corrected chi connectivity index (χ1v) is 11.4. The number of nitrogens with one attached hydrogen (secondary N) is 1. The van der Waals surface area contributed by atoms with E-state index in [1.807, 2.05) is 19.1 Å². The molecule has 6 nitrogen and oxygen atoms in total. The summed E-state index contributed by atoms with van der Waals surface area (Å²) < 4.78 is 32.8. The Hall–Kier alpha value is -3.03. The Morgan fingerprint density at radius 1 is 1.00 bits per heavy atom. The monoisotopic (exact) mass is 458 g/mol. The van der Waals surface area contributed by atoms with E-state index in [0.29, 0.717) is 5.75 Å². The Morgan fingerprint density at radius 3 is 2.23 bits per heavy atom. The normalized spacial score (nSPS) is 12.1. The van der Waals surface area contributed by atoms with Crippen LogP contribution in [0.3, 0.4) is 0 Å². The largest absolute Gasteiger partial charge is 0.497 e. The van der Waals surface area contributed by atoms with Gasteiger partial charge in [0.2, 0.25) is 5.91 Å². The van der Waals surface area contributed by atoms with Crippen molar-refractivity contribution in [3.8, 4) is 5.75 Å². The van der Waals surface area contributed by atoms with Crippen molar-refractivity contribution >= 4 is 33.2 Å². The zero-order valence-electron chi connectivity index (χ0n) is 17.2. The number of sulfonamides is 1. The third-order valence-electron chi connectivity index (χ3n) is 4.73. The number of anilines is 1. The lowest BCUT2D eigenvalue weighted by Crippen LogP contribution is -2.41. The van der Waals surface area contributed by atoms with Crippen molar-refractivity contribution in [3.63, 3.8) is 0 Å². The molecule has 31 heavy (non-hydrogen) atoms. The van der Waals surface area contributed by atoms with Crippen LogP contribution in [0.1, 0.15) is 18.5 Å². The van der Waals surface area contributed by atoms with Gasteiger partial charge in [0.05, 0.1) is 28.8 Å². The number of halogens is 1. The van der Waals surface area contributed by atoms with Crippen LogP contribution in [0.5, 0.6) is 5.75 Å². The van der Waals surface area contributed by atoms with E-state index in [-0.39, 0.29) is 21.6 Å². The van der Waals surface area contributed by atoms with Crippen molar-refractivity contribution in [2.24, 2.45) is 0 Å². The zero-order chi connectivity index (χ0) is 22.4. The van der Waals surface area contributed by atoms with E-state index >= 15 is 0 Å². The second-order valence-electron chi connectivity index (χ2n) is 6.84. The molecule has 0 spiro atoms. The summed E-state index contributed by atoms with van der Waals surface area (Å²) >= 11 is 6.28. The maximum atomic E-state index is 13.3. The average Bonchev–Trinajstić information content (AvgIpc) is 2.78. The van der Waals surface area contributed by atoms with Gasteiger partial charge in [-0.05, 0) is 48.9 Å². The van der Waals surface area contributed by atoms with Crippen LogP contribution in [-0.4, -0.2) is 28.0 Å². The van der Waals surface area contributed by atoms with Crippen LogP contribution in [0, 0.1) is 0 Å². The lowest BCUT2D eigenvalue weighted by atomic mass is 10.1. The summed E-state index contributed by atoms with van der Waals surface area (Å²) in [5.41, 5.74) is 1.10. The predicted octanol–water partition coefficient (Wildman–Crippen LogP) is 4.42. The summed E-state index contributed by atoms with van der Waals surface area (Å²) in [7, 11) is -2.43. The number of carbonyl (C=O) groups is 1. The second kappa shape index (κ2) is 9.85. The SMILES string of the molecule is COc1ccc([C@H](C)NC(=O)CN(c2ccccc2Cl)S(=O)(=O)c2ccccc2)cc1. The van der Waals surface area contributed by atoms with E-state index in [0.717, 1.165) is 9.87 Å². The van der Waals surface area contributed by atoms with Gasteiger partial charge in [0.1, 0.15) is 12.3 Å². The Morgan fingerprint density at radius 2 is 1.61 bits per heavy atom. The molecule has 3 rings (SSSR count). The number of ether oxygens (including phenoxy) is 1. The molecule has 0 aromatic heterocycles. The van der Waals surface area contributed by atoms with Crippen molar-refractivity contribution in [1.29, 1.82) is 0 Å². The van der Waals surface area contributed by atoms with Crippen molar-refractivity contribution in [3.05, 3.63) is 89.4 Å². The fraction of sp³-hybridized carbons (Fsp3) is 0.174. The van der Waals surface area contributed by atoms with Crippen LogP contribution in [0.4, 0.5) is 5.69 Å². The molecule has 8 heteroatoms. The van der Waals surface area contributed by atoms with Crippen molar-refractivity contribution < 1.29 is 17.9 Å². The van der Waals surface area contributed by atoms with Gasteiger partial charge in [0.25, 0.3) is 10.0 Å². The van der Waals surface area contributed by atoms with Gasteiger partial charge in [-0.2, -0.15) is 0 Å². The fourth-order valence-corrected chi connectivity index (χ4v) is 4.82. The first kappa shape index (κ1) is 22.7. The van der Waals surface area contributed by atoms with E-state index in [2.05, 4.69) is 5.32 Å². The van der Waals surface area contributed by atoms with Gasteiger partial charge in [-0.25, -0.2) is 8.42 Å². The smallest absolute Gasteiger partial charge is 0.264 e. The number of methoxy groups -OCH3 is 1. The third kappa shape index (κ3) is 5.37. The average molecular weight is 459 g/mol. The Labute approximate surface area is 187 Å². The van der Waals surface area contributed by atoms with Gasteiger partial charge in [0.15, 0.2) is 0 Å². The van der Waals surface area contributed by atoms with E-state index < -0.39 is 22.5 Å². The third-order valence-corrected chi connectivity index (χ3v) is 6.83. The van der Waals surface area contributed by atoms with E-state index in [9.17, 15) is 13.2 Å². The predicted molar refractivity (Wildman–Crippen MR) is 122 cm³/mol. The van der Waals surface area contributed by atoms with E-state index in [1.54, 1.807) is 61.7 Å². The highest BCUT2D eigenvalue weighted by Gasteiger charge is 2.28. The van der Waals surface area contributed by atoms with Crippen LogP contribution in [0.2, 0.25) is 5.02 Å². The standard InChI is InChI=1S/C23H23ClN2O4S/c1-17(18-12-14-19(30-2)15-13-18)25-23(27)16-26(22-11-7-6-10-21(22)24)31(28,29)20-8-4-3-5-9-20/h3-15,17H,16H2,1-2H3,(H,25,27)/t17-/m0/s1. The molecule has 0 fully saturated rings. The summed E-state index contributed by atoms with van der Waals surface area (Å²) in [6.07, 6.45) is 0. The maximum Gasteiger partial charge on any atom is 0.264 e. The van der Waals surface area contributed by atoms with Gasteiger partial charge in [-0.3, -0.25) is 9.10 Å². The van der Waals surface area contributed by atoms with Crippen LogP contribution < -0.4 is 14.4 Å². The molecule has 0 radical (unpaired) electrons. The molecule has 0 bridgehead atoms. The number of hydrogen-bond acceptors (Lipinski definition) is 4. The molecule has 162 valence electrons. The maximum absolute atomic E-state index is 13.3. The van der Waals surface area contributed by atoms with Crippen LogP contribution in [-0.2, 0) is 14.8 Å². The summed E-state index contributed by atoms with van der Waals surface area (Å²) in [5.74, 6) is 0.254. The van der Waals surface area contributed by atoms with E-state index in [4.69, 9.17) is 16.3 Å². The summed E-state index contributed by atoms with van der Waals surface area (Å²) in [4.78, 5) is 12.9. The molecule has 0 unspecified atom stereocenters. The van der Waals surface area contributed by atoms with Gasteiger partial charge in [-0.15, -0.1) is 0 Å². The second-order valence-corrected chi connectivity index (χ2v) is 9.11. The van der Waals surface area contributed by atoms with Gasteiger partial charge in [-0.1, -0.05) is 54.1 Å². The van der Waals surface area contributed by atoms with Crippen molar-refractivity contribution in [2.75, 3.05) is 18.0 Å². The highest BCUT2D eigenvalue weighted by molar-refractivity contribution is 7.92. The Bertz CT molecular complexity index is 1140. The molecular weight excluding hydrogens is 436 g/mol. The Balaban J connectivity index is 1.86. The number of para-hydroxylation sites is 1. The molecule has 0 aliphatic heterocycles. The van der Waals surface area contributed by atoms with Crippen LogP contribution in [0.15, 0.2) is 83.8 Å². The summed E-state index contributed by atoms with van der Waals surface area (Å²) in [6, 6.07) is 21.4. The molecule has 0 saturated carbocycles. The van der Waals surface area contributed by atoms with Crippen molar-refractivity contribution in [2.45, 2.75) is 17.9 Å². The molecule has 0 aliphatic carbocycles. The highest BCUT2D eigenvalue weighted by Crippen LogP contribution is 2.30. The fourth-order valence-electron chi connectivity index (χ4n) is 3.07. The molecule has 1 amide bonds. The van der Waals surface area contributed by atoms with Crippen LogP contribution >= 0.6 is 11.6 Å². The minimum absolute atomic E-state index is 0.0749. The number of nitrogens with zero attached hydrogens (tertiary/aromatic N) is 1. The number of carbonyl (C=O) groups excluding carboxylic acids is 1. The quantitative estimate of drug-likeness (QED) is 0.542. The topological polar surface area (TPSA) is 75.7 Å². The van der Waals surface area contributed by atoms with Gasteiger partial charge in [0, 0.05) is 0 Å². The lowest BCUT2D eigenvalue weighted by molar-refractivity contribution is -0.120. The minimum Gasteiger partial charge on any atom is -0.497 e. The molecule has 3 aromatic carbocycles. The molecule has 1 N–H and O–H groups in total. The number of amides is 1. The first-order chi connectivity index (χ1) is 14.8. The van der Waals surface area contributed by atoms with Gasteiger partial charge < -0.3 is 10.1 Å². The number of benzene rings is 3. The highest BCUT2D eigenvalue weighted by atomic mass is 35.5. The minimum atomic E-state index is -4.01. The molecular formula is C23H23ClN2O4S. The number of hydrogen-bond donors (Lipinski definition) is 1. The summed E-state index contributed by atoms with van der Waals surface area (Å²) in [6.45, 7) is 1.41. The van der Waals surface area contributed by atoms with Crippen molar-refractivity contribution in [1.82, 2.24) is 5.32 Å². The van der Waals surface area contributed by atoms with Crippen LogP contribution in [0.25, 0.3) is 0 Å². The molecule has 0 saturated heterocycles. The number of rotatable bonds is 8. The molecule has 0 aliphatic rings. The molecule has 1 atom stereocenters. The first-order valence-electron chi connectivity index (χ1n) is 9.58.